The van der Waals surface area contributed by atoms with Crippen LogP contribution in [-0.2, 0) is 5.41 Å². The molecule has 3 aliphatic rings. The minimum Gasteiger partial charge on any atom is -0.0619 e. The molecule has 0 unspecified atom stereocenters. The molecule has 0 amide bonds. The maximum Gasteiger partial charge on any atom is 0.0352 e. The number of benzene rings is 3. The van der Waals surface area contributed by atoms with Crippen molar-refractivity contribution < 1.29 is 0 Å². The zero-order chi connectivity index (χ0) is 16.5. The van der Waals surface area contributed by atoms with Gasteiger partial charge in [0.25, 0.3) is 0 Å². The molecule has 2 bridgehead atoms. The van der Waals surface area contributed by atoms with Crippen molar-refractivity contribution in [3.63, 3.8) is 0 Å². The van der Waals surface area contributed by atoms with Crippen molar-refractivity contribution >= 4 is 0 Å². The topological polar surface area (TPSA) is 0 Å². The molecule has 24 heavy (non-hydrogen) atoms. The number of hydrogen-bond donors (Lipinski definition) is 0. The Bertz CT molecular complexity index is 908. The molecule has 6 rings (SSSR count). The zero-order valence-corrected chi connectivity index (χ0v) is 14.5. The standard InChI is InChI=1S/C24H22/c1-24(2,3)20-14-8-13-19-21-15-9-4-6-11-17(15)22(23(19)20)18-12-7-5-10-16(18)21/h4-14,21-22H,1-3H3. The summed E-state index contributed by atoms with van der Waals surface area (Å²) in [6.07, 6.45) is 0. The van der Waals surface area contributed by atoms with E-state index in [0.29, 0.717) is 11.8 Å². The first-order valence-corrected chi connectivity index (χ1v) is 8.88. The molecule has 0 radical (unpaired) electrons. The second kappa shape index (κ2) is 4.60. The first-order chi connectivity index (χ1) is 11.6. The maximum atomic E-state index is 2.36. The third-order valence-electron chi connectivity index (χ3n) is 5.78. The Morgan fingerprint density at radius 2 is 1.00 bits per heavy atom. The fourth-order valence-corrected chi connectivity index (χ4v) is 4.87. The minimum atomic E-state index is 0.159. The molecule has 0 nitrogen and oxygen atoms in total. The Morgan fingerprint density at radius 3 is 1.50 bits per heavy atom. The van der Waals surface area contributed by atoms with Gasteiger partial charge in [0.2, 0.25) is 0 Å². The van der Waals surface area contributed by atoms with E-state index in [2.05, 4.69) is 87.5 Å². The van der Waals surface area contributed by atoms with Gasteiger partial charge in [0.1, 0.15) is 0 Å². The van der Waals surface area contributed by atoms with Crippen LogP contribution >= 0.6 is 0 Å². The fourth-order valence-electron chi connectivity index (χ4n) is 4.87. The van der Waals surface area contributed by atoms with Gasteiger partial charge in [0, 0.05) is 11.8 Å². The third kappa shape index (κ3) is 1.69. The summed E-state index contributed by atoms with van der Waals surface area (Å²) < 4.78 is 0. The highest BCUT2D eigenvalue weighted by molar-refractivity contribution is 5.69. The van der Waals surface area contributed by atoms with Crippen LogP contribution in [0.3, 0.4) is 0 Å². The SMILES string of the molecule is CC(C)(C)c1cccc2c1C1c3ccccc3C2c2ccccc21. The van der Waals surface area contributed by atoms with Crippen molar-refractivity contribution in [1.29, 1.82) is 0 Å². The average Bonchev–Trinajstić information content (AvgIpc) is 2.60. The highest BCUT2D eigenvalue weighted by Gasteiger charge is 2.42. The normalized spacial score (nSPS) is 20.3. The van der Waals surface area contributed by atoms with Gasteiger partial charge in [-0.2, -0.15) is 0 Å². The van der Waals surface area contributed by atoms with Crippen LogP contribution in [0.5, 0.6) is 0 Å². The lowest BCUT2D eigenvalue weighted by molar-refractivity contribution is 0.572. The molecule has 118 valence electrons. The lowest BCUT2D eigenvalue weighted by atomic mass is 9.59. The molecule has 0 heteroatoms. The summed E-state index contributed by atoms with van der Waals surface area (Å²) in [6, 6.07) is 25.1. The predicted octanol–water partition coefficient (Wildman–Crippen LogP) is 5.97. The van der Waals surface area contributed by atoms with E-state index in [-0.39, 0.29) is 5.41 Å². The molecule has 3 aliphatic carbocycles. The number of rotatable bonds is 0. The second-order valence-electron chi connectivity index (χ2n) is 8.18. The van der Waals surface area contributed by atoms with Crippen LogP contribution in [0.1, 0.15) is 71.6 Å². The van der Waals surface area contributed by atoms with Crippen molar-refractivity contribution in [3.05, 3.63) is 106 Å². The first-order valence-electron chi connectivity index (χ1n) is 8.88. The van der Waals surface area contributed by atoms with Crippen LogP contribution in [-0.4, -0.2) is 0 Å². The second-order valence-corrected chi connectivity index (χ2v) is 8.18. The summed E-state index contributed by atoms with van der Waals surface area (Å²) in [7, 11) is 0. The molecular formula is C24H22. The molecule has 0 saturated carbocycles. The molecule has 0 aromatic heterocycles. The van der Waals surface area contributed by atoms with Gasteiger partial charge >= 0.3 is 0 Å². The molecule has 3 aromatic carbocycles. The molecule has 3 aromatic rings. The van der Waals surface area contributed by atoms with Gasteiger partial charge in [0.05, 0.1) is 0 Å². The van der Waals surface area contributed by atoms with Gasteiger partial charge in [-0.25, -0.2) is 0 Å². The van der Waals surface area contributed by atoms with E-state index in [1.165, 1.54) is 33.4 Å². The first kappa shape index (κ1) is 14.0. The Balaban J connectivity index is 1.91. The van der Waals surface area contributed by atoms with E-state index >= 15 is 0 Å². The summed E-state index contributed by atoms with van der Waals surface area (Å²) in [6.45, 7) is 7.01. The molecule has 0 N–H and O–H groups in total. The van der Waals surface area contributed by atoms with Crippen LogP contribution < -0.4 is 0 Å². The van der Waals surface area contributed by atoms with Gasteiger partial charge in [0.15, 0.2) is 0 Å². The summed E-state index contributed by atoms with van der Waals surface area (Å²) >= 11 is 0. The highest BCUT2D eigenvalue weighted by Crippen LogP contribution is 2.57. The molecule has 0 saturated heterocycles. The average molecular weight is 310 g/mol. The van der Waals surface area contributed by atoms with E-state index in [1.807, 2.05) is 0 Å². The van der Waals surface area contributed by atoms with Crippen LogP contribution in [0.25, 0.3) is 0 Å². The monoisotopic (exact) mass is 310 g/mol. The summed E-state index contributed by atoms with van der Waals surface area (Å²) in [4.78, 5) is 0. The lowest BCUT2D eigenvalue weighted by Crippen LogP contribution is -2.30. The molecule has 0 heterocycles. The van der Waals surface area contributed by atoms with Gasteiger partial charge in [-0.15, -0.1) is 0 Å². The molecular weight excluding hydrogens is 288 g/mol. The third-order valence-corrected chi connectivity index (χ3v) is 5.78. The summed E-state index contributed by atoms with van der Waals surface area (Å²) in [5.74, 6) is 0.771. The molecule has 0 aliphatic heterocycles. The van der Waals surface area contributed by atoms with E-state index in [0.717, 1.165) is 0 Å². The summed E-state index contributed by atoms with van der Waals surface area (Å²) in [5.41, 5.74) is 10.7. The van der Waals surface area contributed by atoms with Gasteiger partial charge in [-0.3, -0.25) is 0 Å². The van der Waals surface area contributed by atoms with E-state index in [4.69, 9.17) is 0 Å². The Kier molecular flexibility index (Phi) is 2.69. The molecule has 0 atom stereocenters. The fraction of sp³-hybridized carbons (Fsp3) is 0.250. The largest absolute Gasteiger partial charge is 0.0619 e. The van der Waals surface area contributed by atoms with Crippen molar-refractivity contribution in [2.75, 3.05) is 0 Å². The predicted molar refractivity (Wildman–Crippen MR) is 99.9 cm³/mol. The smallest absolute Gasteiger partial charge is 0.0352 e. The highest BCUT2D eigenvalue weighted by atomic mass is 14.5. The Labute approximate surface area is 144 Å². The van der Waals surface area contributed by atoms with E-state index in [9.17, 15) is 0 Å². The number of hydrogen-bond acceptors (Lipinski definition) is 0. The van der Waals surface area contributed by atoms with Crippen molar-refractivity contribution in [3.8, 4) is 0 Å². The van der Waals surface area contributed by atoms with Crippen LogP contribution in [0.15, 0.2) is 66.7 Å². The van der Waals surface area contributed by atoms with Gasteiger partial charge < -0.3 is 0 Å². The Morgan fingerprint density at radius 1 is 0.542 bits per heavy atom. The van der Waals surface area contributed by atoms with Crippen molar-refractivity contribution in [2.45, 2.75) is 38.0 Å². The van der Waals surface area contributed by atoms with E-state index < -0.39 is 0 Å². The van der Waals surface area contributed by atoms with Crippen LogP contribution in [0, 0.1) is 0 Å². The minimum absolute atomic E-state index is 0.159. The van der Waals surface area contributed by atoms with Gasteiger partial charge in [-0.05, 0) is 44.4 Å². The zero-order valence-electron chi connectivity index (χ0n) is 14.5. The van der Waals surface area contributed by atoms with Gasteiger partial charge in [-0.1, -0.05) is 87.5 Å². The van der Waals surface area contributed by atoms with Crippen LogP contribution in [0.4, 0.5) is 0 Å². The Hall–Kier alpha value is -2.34. The van der Waals surface area contributed by atoms with Crippen molar-refractivity contribution in [2.24, 2.45) is 0 Å². The van der Waals surface area contributed by atoms with E-state index in [1.54, 1.807) is 5.56 Å². The quantitative estimate of drug-likeness (QED) is 0.330. The molecule has 0 spiro atoms. The van der Waals surface area contributed by atoms with Crippen LogP contribution in [0.2, 0.25) is 0 Å². The summed E-state index contributed by atoms with van der Waals surface area (Å²) in [5, 5.41) is 0. The van der Waals surface area contributed by atoms with Crippen molar-refractivity contribution in [1.82, 2.24) is 0 Å². The molecule has 0 fully saturated rings. The maximum absolute atomic E-state index is 2.36. The lowest BCUT2D eigenvalue weighted by Gasteiger charge is -2.44.